The number of nitriles is 1. The lowest BCUT2D eigenvalue weighted by atomic mass is 9.94. The van der Waals surface area contributed by atoms with E-state index in [0.29, 0.717) is 0 Å². The van der Waals surface area contributed by atoms with Crippen molar-refractivity contribution in [1.82, 2.24) is 5.32 Å². The number of alkyl halides is 2. The van der Waals surface area contributed by atoms with Crippen molar-refractivity contribution in [3.05, 3.63) is 27.7 Å². The normalized spacial score (nSPS) is 11.1. The topological polar surface area (TPSA) is 62.1 Å². The fraction of sp³-hybridized carbons (Fsp3) is 0.385. The van der Waals surface area contributed by atoms with Gasteiger partial charge in [0.2, 0.25) is 5.91 Å². The van der Waals surface area contributed by atoms with Gasteiger partial charge in [-0.05, 0) is 26.0 Å². The third kappa shape index (κ3) is 4.73. The van der Waals surface area contributed by atoms with Crippen LogP contribution in [0.5, 0.6) is 5.75 Å². The molecule has 0 fully saturated rings. The Morgan fingerprint density at radius 2 is 2.10 bits per heavy atom. The smallest absolute Gasteiger partial charge is 0.387 e. The van der Waals surface area contributed by atoms with Crippen molar-refractivity contribution in [2.45, 2.75) is 27.0 Å². The lowest BCUT2D eigenvalue weighted by Gasteiger charge is -2.17. The van der Waals surface area contributed by atoms with Gasteiger partial charge in [0.15, 0.2) is 0 Å². The molecule has 0 bridgehead atoms. The van der Waals surface area contributed by atoms with Crippen LogP contribution in [-0.2, 0) is 11.3 Å². The number of nitrogens with one attached hydrogen (secondary N) is 1. The average Bonchev–Trinajstić information content (AvgIpc) is 2.38. The van der Waals surface area contributed by atoms with Crippen molar-refractivity contribution in [3.63, 3.8) is 0 Å². The van der Waals surface area contributed by atoms with Gasteiger partial charge in [-0.1, -0.05) is 23.2 Å². The van der Waals surface area contributed by atoms with Crippen molar-refractivity contribution in [1.29, 1.82) is 5.26 Å². The van der Waals surface area contributed by atoms with Crippen LogP contribution in [0.1, 0.15) is 19.4 Å². The minimum Gasteiger partial charge on any atom is -0.433 e. The van der Waals surface area contributed by atoms with Gasteiger partial charge in [0.05, 0.1) is 11.1 Å². The number of carbonyl (C=O) groups excluding carboxylic acids is 1. The summed E-state index contributed by atoms with van der Waals surface area (Å²) in [6.07, 6.45) is 0. The molecular formula is C13H12Cl2F2N2O2. The molecule has 8 heteroatoms. The van der Waals surface area contributed by atoms with E-state index in [-0.39, 0.29) is 27.9 Å². The standard InChI is InChI=1S/C13H12Cl2F2N2O2/c1-13(2,6-18)11(20)19-5-7-3-8(14)4-9(15)10(7)21-12(16)17/h3-4,12H,5H2,1-2H3,(H,19,20). The molecule has 114 valence electrons. The Bertz CT molecular complexity index is 586. The summed E-state index contributed by atoms with van der Waals surface area (Å²) in [5.74, 6) is -0.810. The molecule has 0 unspecified atom stereocenters. The van der Waals surface area contributed by atoms with Crippen molar-refractivity contribution in [3.8, 4) is 11.8 Å². The van der Waals surface area contributed by atoms with Gasteiger partial charge in [0.1, 0.15) is 11.2 Å². The highest BCUT2D eigenvalue weighted by Gasteiger charge is 2.27. The lowest BCUT2D eigenvalue weighted by molar-refractivity contribution is -0.126. The maximum atomic E-state index is 12.4. The van der Waals surface area contributed by atoms with Crippen LogP contribution in [0.15, 0.2) is 12.1 Å². The van der Waals surface area contributed by atoms with Gasteiger partial charge in [-0.15, -0.1) is 0 Å². The second kappa shape index (κ2) is 6.92. The number of hydrogen-bond donors (Lipinski definition) is 1. The zero-order valence-corrected chi connectivity index (χ0v) is 12.7. The molecule has 1 aromatic rings. The van der Waals surface area contributed by atoms with E-state index in [4.69, 9.17) is 28.5 Å². The van der Waals surface area contributed by atoms with E-state index in [9.17, 15) is 13.6 Å². The number of nitrogens with zero attached hydrogens (tertiary/aromatic N) is 1. The fourth-order valence-electron chi connectivity index (χ4n) is 1.41. The molecule has 0 atom stereocenters. The first-order chi connectivity index (χ1) is 9.67. The highest BCUT2D eigenvalue weighted by molar-refractivity contribution is 6.35. The van der Waals surface area contributed by atoms with E-state index in [1.54, 1.807) is 0 Å². The van der Waals surface area contributed by atoms with Crippen molar-refractivity contribution >= 4 is 29.1 Å². The molecule has 0 aliphatic carbocycles. The molecular weight excluding hydrogens is 325 g/mol. The molecule has 0 spiro atoms. The highest BCUT2D eigenvalue weighted by atomic mass is 35.5. The molecule has 0 saturated carbocycles. The largest absolute Gasteiger partial charge is 0.433 e. The van der Waals surface area contributed by atoms with Crippen LogP contribution in [0.25, 0.3) is 0 Å². The van der Waals surface area contributed by atoms with Crippen LogP contribution in [0.3, 0.4) is 0 Å². The first-order valence-electron chi connectivity index (χ1n) is 5.79. The Kier molecular flexibility index (Phi) is 5.76. The van der Waals surface area contributed by atoms with Crippen molar-refractivity contribution < 1.29 is 18.3 Å². The molecule has 0 aromatic heterocycles. The van der Waals surface area contributed by atoms with Crippen LogP contribution in [0.4, 0.5) is 8.78 Å². The fourth-order valence-corrected chi connectivity index (χ4v) is 1.99. The molecule has 0 aliphatic rings. The van der Waals surface area contributed by atoms with E-state index < -0.39 is 17.9 Å². The number of amides is 1. The Morgan fingerprint density at radius 3 is 2.62 bits per heavy atom. The summed E-state index contributed by atoms with van der Waals surface area (Å²) in [6, 6.07) is 4.44. The molecule has 21 heavy (non-hydrogen) atoms. The number of benzene rings is 1. The minimum absolute atomic E-state index is 0.0911. The van der Waals surface area contributed by atoms with Crippen LogP contribution < -0.4 is 10.1 Å². The summed E-state index contributed by atoms with van der Waals surface area (Å²) in [7, 11) is 0. The molecule has 0 radical (unpaired) electrons. The third-order valence-electron chi connectivity index (χ3n) is 2.58. The van der Waals surface area contributed by atoms with E-state index in [0.717, 1.165) is 0 Å². The quantitative estimate of drug-likeness (QED) is 0.890. The summed E-state index contributed by atoms with van der Waals surface area (Å²) in [5.41, 5.74) is -1.05. The summed E-state index contributed by atoms with van der Waals surface area (Å²) in [6.45, 7) is -0.339. The van der Waals surface area contributed by atoms with Gasteiger partial charge >= 0.3 is 6.61 Å². The third-order valence-corrected chi connectivity index (χ3v) is 3.08. The minimum atomic E-state index is -3.06. The average molecular weight is 337 g/mol. The number of halogens is 4. The molecule has 1 N–H and O–H groups in total. The Morgan fingerprint density at radius 1 is 1.48 bits per heavy atom. The Labute approximate surface area is 130 Å². The van der Waals surface area contributed by atoms with Crippen molar-refractivity contribution in [2.75, 3.05) is 0 Å². The molecule has 1 aromatic carbocycles. The first-order valence-corrected chi connectivity index (χ1v) is 6.55. The Hall–Kier alpha value is -1.58. The van der Waals surface area contributed by atoms with Crippen LogP contribution in [0.2, 0.25) is 10.0 Å². The van der Waals surface area contributed by atoms with E-state index >= 15 is 0 Å². The first kappa shape index (κ1) is 17.5. The molecule has 1 amide bonds. The molecule has 4 nitrogen and oxygen atoms in total. The maximum Gasteiger partial charge on any atom is 0.387 e. The summed E-state index contributed by atoms with van der Waals surface area (Å²) >= 11 is 11.6. The number of carbonyl (C=O) groups is 1. The van der Waals surface area contributed by atoms with Gasteiger partial charge in [-0.2, -0.15) is 14.0 Å². The Balaban J connectivity index is 2.98. The lowest BCUT2D eigenvalue weighted by Crippen LogP contribution is -2.35. The van der Waals surface area contributed by atoms with Gasteiger partial charge in [-0.25, -0.2) is 0 Å². The number of rotatable bonds is 5. The SMILES string of the molecule is CC(C)(C#N)C(=O)NCc1cc(Cl)cc(Cl)c1OC(F)F. The molecule has 1 rings (SSSR count). The van der Waals surface area contributed by atoms with Crippen LogP contribution in [-0.4, -0.2) is 12.5 Å². The molecule has 0 aliphatic heterocycles. The van der Waals surface area contributed by atoms with E-state index in [2.05, 4.69) is 10.1 Å². The van der Waals surface area contributed by atoms with Gasteiger partial charge in [-0.3, -0.25) is 4.79 Å². The summed E-state index contributed by atoms with van der Waals surface area (Å²) in [4.78, 5) is 11.8. The second-order valence-corrected chi connectivity index (χ2v) is 5.52. The predicted molar refractivity (Wildman–Crippen MR) is 74.3 cm³/mol. The molecule has 0 saturated heterocycles. The van der Waals surface area contributed by atoms with E-state index in [1.807, 2.05) is 6.07 Å². The highest BCUT2D eigenvalue weighted by Crippen LogP contribution is 2.33. The van der Waals surface area contributed by atoms with Crippen LogP contribution in [0, 0.1) is 16.7 Å². The predicted octanol–water partition coefficient (Wildman–Crippen LogP) is 3.76. The second-order valence-electron chi connectivity index (χ2n) is 4.67. The van der Waals surface area contributed by atoms with Gasteiger partial charge in [0, 0.05) is 17.1 Å². The van der Waals surface area contributed by atoms with Gasteiger partial charge in [0.25, 0.3) is 0 Å². The summed E-state index contributed by atoms with van der Waals surface area (Å²) < 4.78 is 29.1. The van der Waals surface area contributed by atoms with Crippen LogP contribution >= 0.6 is 23.2 Å². The number of hydrogen-bond acceptors (Lipinski definition) is 3. The summed E-state index contributed by atoms with van der Waals surface area (Å²) in [5, 5.41) is 11.4. The van der Waals surface area contributed by atoms with Gasteiger partial charge < -0.3 is 10.1 Å². The maximum absolute atomic E-state index is 12.4. The van der Waals surface area contributed by atoms with Crippen molar-refractivity contribution in [2.24, 2.45) is 5.41 Å². The monoisotopic (exact) mass is 336 g/mol. The molecule has 0 heterocycles. The number of ether oxygens (including phenoxy) is 1. The zero-order valence-electron chi connectivity index (χ0n) is 11.2. The van der Waals surface area contributed by atoms with E-state index in [1.165, 1.54) is 26.0 Å². The zero-order chi connectivity index (χ0) is 16.2.